The third-order valence-electron chi connectivity index (χ3n) is 4.38. The van der Waals surface area contributed by atoms with Crippen LogP contribution in [0.25, 0.3) is 0 Å². The van der Waals surface area contributed by atoms with E-state index < -0.39 is 11.6 Å². The van der Waals surface area contributed by atoms with Gasteiger partial charge in [0.05, 0.1) is 12.0 Å². The molecule has 20 heavy (non-hydrogen) atoms. The molecule has 2 N–H and O–H groups in total. The average Bonchev–Trinajstić information content (AvgIpc) is 2.76. The summed E-state index contributed by atoms with van der Waals surface area (Å²) in [6.45, 7) is 5.21. The maximum Gasteiger partial charge on any atom is 0.304 e. The van der Waals surface area contributed by atoms with Crippen LogP contribution in [0.3, 0.4) is 0 Å². The summed E-state index contributed by atoms with van der Waals surface area (Å²) in [6, 6.07) is 7.93. The van der Waals surface area contributed by atoms with Crippen molar-refractivity contribution >= 4 is 11.7 Å². The van der Waals surface area contributed by atoms with E-state index in [0.29, 0.717) is 25.9 Å². The largest absolute Gasteiger partial charge is 0.481 e. The van der Waals surface area contributed by atoms with E-state index in [1.165, 1.54) is 0 Å². The third-order valence-corrected chi connectivity index (χ3v) is 4.38. The molecule has 110 valence electrons. The highest BCUT2D eigenvalue weighted by Crippen LogP contribution is 2.39. The number of fused-ring (bicyclic) bond motifs is 1. The van der Waals surface area contributed by atoms with Crippen molar-refractivity contribution in [1.82, 2.24) is 0 Å². The highest BCUT2D eigenvalue weighted by molar-refractivity contribution is 5.71. The minimum atomic E-state index is -0.770. The van der Waals surface area contributed by atoms with Crippen molar-refractivity contribution < 1.29 is 15.0 Å². The number of aliphatic hydroxyl groups is 1. The molecule has 1 aromatic rings. The first-order valence-corrected chi connectivity index (χ1v) is 7.27. The fourth-order valence-corrected chi connectivity index (χ4v) is 2.95. The molecule has 0 radical (unpaired) electrons. The lowest BCUT2D eigenvalue weighted by atomic mass is 9.97. The fourth-order valence-electron chi connectivity index (χ4n) is 2.95. The molecule has 1 aromatic carbocycles. The van der Waals surface area contributed by atoms with Crippen molar-refractivity contribution in [2.75, 3.05) is 18.0 Å². The van der Waals surface area contributed by atoms with E-state index in [4.69, 9.17) is 5.11 Å². The van der Waals surface area contributed by atoms with Gasteiger partial charge in [-0.25, -0.2) is 0 Å². The normalized spacial score (nSPS) is 18.1. The van der Waals surface area contributed by atoms with E-state index in [-0.39, 0.29) is 12.3 Å². The van der Waals surface area contributed by atoms with Gasteiger partial charge >= 0.3 is 5.97 Å². The molecule has 0 amide bonds. The average molecular weight is 277 g/mol. The van der Waals surface area contributed by atoms with Crippen LogP contribution in [-0.2, 0) is 4.79 Å². The van der Waals surface area contributed by atoms with Crippen molar-refractivity contribution in [3.05, 3.63) is 29.8 Å². The molecular formula is C16H23NO3. The molecule has 0 fully saturated rings. The molecule has 0 spiro atoms. The number of carbonyl (C=O) groups is 1. The molecule has 1 unspecified atom stereocenters. The summed E-state index contributed by atoms with van der Waals surface area (Å²) < 4.78 is 0. The number of carboxylic acid groups (broad SMARTS) is 1. The number of nitrogens with zero attached hydrogens (tertiary/aromatic N) is 1. The van der Waals surface area contributed by atoms with Gasteiger partial charge in [0, 0.05) is 24.7 Å². The number of benzene rings is 1. The van der Waals surface area contributed by atoms with E-state index >= 15 is 0 Å². The maximum atomic E-state index is 11.0. The lowest BCUT2D eigenvalue weighted by molar-refractivity contribution is -0.137. The fraction of sp³-hybridized carbons (Fsp3) is 0.562. The number of aliphatic carboxylic acids is 1. The predicted molar refractivity (Wildman–Crippen MR) is 79.2 cm³/mol. The molecule has 1 aliphatic rings. The van der Waals surface area contributed by atoms with Crippen molar-refractivity contribution in [2.45, 2.75) is 44.6 Å². The molecule has 4 nitrogen and oxygen atoms in total. The summed E-state index contributed by atoms with van der Waals surface area (Å²) in [5, 5.41) is 19.6. The Bertz CT molecular complexity index is 482. The van der Waals surface area contributed by atoms with Gasteiger partial charge < -0.3 is 15.1 Å². The monoisotopic (exact) mass is 277 g/mol. The molecule has 2 rings (SSSR count). The van der Waals surface area contributed by atoms with Crippen LogP contribution in [0.4, 0.5) is 5.69 Å². The Balaban J connectivity index is 2.23. The van der Waals surface area contributed by atoms with Gasteiger partial charge in [0.1, 0.15) is 0 Å². The summed E-state index contributed by atoms with van der Waals surface area (Å²) in [4.78, 5) is 13.1. The number of hydrogen-bond acceptors (Lipinski definition) is 3. The number of rotatable bonds is 6. The van der Waals surface area contributed by atoms with E-state index in [2.05, 4.69) is 4.90 Å². The van der Waals surface area contributed by atoms with Crippen LogP contribution < -0.4 is 4.90 Å². The number of para-hydroxylation sites is 1. The molecule has 0 aliphatic carbocycles. The number of β-amino-alcohol motifs (C(OH)–C–C–N with tert-alkyl or cyclic N) is 1. The molecule has 0 saturated heterocycles. The Labute approximate surface area is 120 Å². The van der Waals surface area contributed by atoms with Gasteiger partial charge in [-0.2, -0.15) is 0 Å². The Hall–Kier alpha value is -1.55. The van der Waals surface area contributed by atoms with Gasteiger partial charge in [-0.3, -0.25) is 4.79 Å². The lowest BCUT2D eigenvalue weighted by Crippen LogP contribution is -2.42. The second-order valence-electron chi connectivity index (χ2n) is 5.67. The Morgan fingerprint density at radius 1 is 1.35 bits per heavy atom. The van der Waals surface area contributed by atoms with Crippen LogP contribution in [0.1, 0.15) is 44.6 Å². The zero-order valence-electron chi connectivity index (χ0n) is 12.2. The van der Waals surface area contributed by atoms with Crippen LogP contribution in [0, 0.1) is 0 Å². The van der Waals surface area contributed by atoms with Crippen LogP contribution in [0.2, 0.25) is 0 Å². The van der Waals surface area contributed by atoms with Crippen LogP contribution >= 0.6 is 0 Å². The molecular weight excluding hydrogens is 254 g/mol. The molecule has 1 aliphatic heterocycles. The first kappa shape index (κ1) is 14.9. The summed E-state index contributed by atoms with van der Waals surface area (Å²) in [5.41, 5.74) is 1.45. The van der Waals surface area contributed by atoms with E-state index in [1.807, 2.05) is 38.1 Å². The maximum absolute atomic E-state index is 11.0. The molecule has 0 saturated carbocycles. The summed E-state index contributed by atoms with van der Waals surface area (Å²) in [6.07, 6.45) is 1.54. The van der Waals surface area contributed by atoms with Crippen molar-refractivity contribution in [2.24, 2.45) is 0 Å². The van der Waals surface area contributed by atoms with Gasteiger partial charge in [0.15, 0.2) is 0 Å². The molecule has 4 heteroatoms. The van der Waals surface area contributed by atoms with Crippen LogP contribution in [-0.4, -0.2) is 34.9 Å². The second-order valence-corrected chi connectivity index (χ2v) is 5.67. The molecule has 1 heterocycles. The zero-order chi connectivity index (χ0) is 14.8. The quantitative estimate of drug-likeness (QED) is 0.839. The SMILES string of the molecule is CCC(O)(CC)CN1CC(CC(=O)O)c2ccccc21. The second kappa shape index (κ2) is 5.83. The Kier molecular flexibility index (Phi) is 4.33. The van der Waals surface area contributed by atoms with Crippen LogP contribution in [0.5, 0.6) is 0 Å². The minimum Gasteiger partial charge on any atom is -0.481 e. The Morgan fingerprint density at radius 2 is 2.00 bits per heavy atom. The van der Waals surface area contributed by atoms with Gasteiger partial charge in [-0.05, 0) is 24.5 Å². The van der Waals surface area contributed by atoms with Gasteiger partial charge in [0.2, 0.25) is 0 Å². The highest BCUT2D eigenvalue weighted by Gasteiger charge is 2.34. The third kappa shape index (κ3) is 2.96. The highest BCUT2D eigenvalue weighted by atomic mass is 16.4. The number of anilines is 1. The summed E-state index contributed by atoms with van der Waals surface area (Å²) in [7, 11) is 0. The van der Waals surface area contributed by atoms with Crippen LogP contribution in [0.15, 0.2) is 24.3 Å². The summed E-state index contributed by atoms with van der Waals surface area (Å²) >= 11 is 0. The van der Waals surface area contributed by atoms with E-state index in [0.717, 1.165) is 11.3 Å². The van der Waals surface area contributed by atoms with Gasteiger partial charge in [-0.15, -0.1) is 0 Å². The first-order chi connectivity index (χ1) is 9.49. The standard InChI is InChI=1S/C16H23NO3/c1-3-16(20,4-2)11-17-10-12(9-15(18)19)13-7-5-6-8-14(13)17/h5-8,12,20H,3-4,9-11H2,1-2H3,(H,18,19). The van der Waals surface area contributed by atoms with Crippen molar-refractivity contribution in [1.29, 1.82) is 0 Å². The number of carboxylic acids is 1. The minimum absolute atomic E-state index is 0.0154. The molecule has 1 atom stereocenters. The van der Waals surface area contributed by atoms with Crippen molar-refractivity contribution in [3.63, 3.8) is 0 Å². The molecule has 0 bridgehead atoms. The van der Waals surface area contributed by atoms with Gasteiger partial charge in [-0.1, -0.05) is 32.0 Å². The topological polar surface area (TPSA) is 60.8 Å². The number of hydrogen-bond donors (Lipinski definition) is 2. The molecule has 0 aromatic heterocycles. The van der Waals surface area contributed by atoms with E-state index in [9.17, 15) is 9.90 Å². The first-order valence-electron chi connectivity index (χ1n) is 7.27. The lowest BCUT2D eigenvalue weighted by Gasteiger charge is -2.32. The zero-order valence-corrected chi connectivity index (χ0v) is 12.2. The van der Waals surface area contributed by atoms with Crippen molar-refractivity contribution in [3.8, 4) is 0 Å². The van der Waals surface area contributed by atoms with Gasteiger partial charge in [0.25, 0.3) is 0 Å². The van der Waals surface area contributed by atoms with E-state index in [1.54, 1.807) is 0 Å². The Morgan fingerprint density at radius 3 is 2.60 bits per heavy atom. The smallest absolute Gasteiger partial charge is 0.304 e. The summed E-state index contributed by atoms with van der Waals surface area (Å²) in [5.74, 6) is -0.755. The predicted octanol–water partition coefficient (Wildman–Crippen LogP) is 2.62.